The van der Waals surface area contributed by atoms with Crippen LogP contribution in [0.25, 0.3) is 0 Å². The largest absolute Gasteiger partial charge is 0.313 e. The lowest BCUT2D eigenvalue weighted by Crippen LogP contribution is -2.35. The molecule has 0 aromatic rings. The quantitative estimate of drug-likeness (QED) is 0.730. The van der Waals surface area contributed by atoms with E-state index in [0.717, 1.165) is 23.8 Å². The second kappa shape index (κ2) is 5.27. The van der Waals surface area contributed by atoms with Crippen molar-refractivity contribution < 1.29 is 0 Å². The summed E-state index contributed by atoms with van der Waals surface area (Å²) in [5.41, 5.74) is 0. The summed E-state index contributed by atoms with van der Waals surface area (Å²) in [6.07, 6.45) is 8.78. The minimum Gasteiger partial charge on any atom is -0.313 e. The Hall–Kier alpha value is -0.0800. The Balaban J connectivity index is 1.42. The number of nitrogens with one attached hydrogen (secondary N) is 1. The minimum absolute atomic E-state index is 0.786. The van der Waals surface area contributed by atoms with Gasteiger partial charge in [0.05, 0.1) is 0 Å². The van der Waals surface area contributed by atoms with Gasteiger partial charge in [0.1, 0.15) is 0 Å². The molecule has 1 unspecified atom stereocenters. The van der Waals surface area contributed by atoms with Crippen LogP contribution in [-0.2, 0) is 0 Å². The van der Waals surface area contributed by atoms with E-state index < -0.39 is 0 Å². The van der Waals surface area contributed by atoms with Gasteiger partial charge in [-0.2, -0.15) is 0 Å². The summed E-state index contributed by atoms with van der Waals surface area (Å²) in [5, 5.41) is 3.68. The van der Waals surface area contributed by atoms with Gasteiger partial charge in [0.2, 0.25) is 0 Å². The molecule has 0 radical (unpaired) electrons. The average molecular weight is 236 g/mol. The number of hydrogen-bond acceptors (Lipinski definition) is 2. The van der Waals surface area contributed by atoms with Crippen molar-refractivity contribution >= 4 is 0 Å². The third kappa shape index (κ3) is 3.23. The Bertz CT molecular complexity index is 233. The standard InChI is InChI=1S/C15H28N2/c1-2-8-16-14-7-9-17(10-14)11-15(12-3-4-12)13-5-6-13/h12-16H,2-11H2,1H3. The third-order valence-electron chi connectivity index (χ3n) is 4.88. The monoisotopic (exact) mass is 236 g/mol. The fourth-order valence-corrected chi connectivity index (χ4v) is 3.54. The van der Waals surface area contributed by atoms with E-state index in [-0.39, 0.29) is 0 Å². The Morgan fingerprint density at radius 3 is 2.41 bits per heavy atom. The maximum Gasteiger partial charge on any atom is 0.0207 e. The highest BCUT2D eigenvalue weighted by molar-refractivity contribution is 4.94. The van der Waals surface area contributed by atoms with Crippen LogP contribution in [0.4, 0.5) is 0 Å². The van der Waals surface area contributed by atoms with Crippen LogP contribution < -0.4 is 5.32 Å². The Morgan fingerprint density at radius 1 is 1.12 bits per heavy atom. The normalized spacial score (nSPS) is 30.4. The van der Waals surface area contributed by atoms with Crippen LogP contribution in [0, 0.1) is 17.8 Å². The van der Waals surface area contributed by atoms with Crippen molar-refractivity contribution in [1.29, 1.82) is 0 Å². The zero-order chi connectivity index (χ0) is 11.7. The van der Waals surface area contributed by atoms with E-state index in [1.165, 1.54) is 64.7 Å². The molecule has 0 bridgehead atoms. The molecule has 1 N–H and O–H groups in total. The molecule has 3 aliphatic rings. The molecule has 1 saturated heterocycles. The predicted molar refractivity (Wildman–Crippen MR) is 72.1 cm³/mol. The number of hydrogen-bond donors (Lipinski definition) is 1. The van der Waals surface area contributed by atoms with E-state index in [4.69, 9.17) is 0 Å². The summed E-state index contributed by atoms with van der Waals surface area (Å²) in [7, 11) is 0. The van der Waals surface area contributed by atoms with E-state index in [0.29, 0.717) is 0 Å². The molecule has 1 aliphatic heterocycles. The Morgan fingerprint density at radius 2 is 1.82 bits per heavy atom. The first-order valence-electron chi connectivity index (χ1n) is 7.82. The lowest BCUT2D eigenvalue weighted by atomic mass is 9.97. The molecule has 1 heterocycles. The van der Waals surface area contributed by atoms with Crippen molar-refractivity contribution in [3.8, 4) is 0 Å². The molecule has 2 nitrogen and oxygen atoms in total. The maximum atomic E-state index is 3.68. The maximum absolute atomic E-state index is 3.68. The summed E-state index contributed by atoms with van der Waals surface area (Å²) in [5.74, 6) is 3.30. The van der Waals surface area contributed by atoms with Gasteiger partial charge >= 0.3 is 0 Å². The highest BCUT2D eigenvalue weighted by atomic mass is 15.2. The van der Waals surface area contributed by atoms with Gasteiger partial charge in [-0.25, -0.2) is 0 Å². The SMILES string of the molecule is CCCNC1CCN(CC(C2CC2)C2CC2)C1. The van der Waals surface area contributed by atoms with Gasteiger partial charge in [-0.3, -0.25) is 0 Å². The van der Waals surface area contributed by atoms with Gasteiger partial charge in [0, 0.05) is 19.1 Å². The molecule has 0 spiro atoms. The van der Waals surface area contributed by atoms with Crippen molar-refractivity contribution in [3.63, 3.8) is 0 Å². The van der Waals surface area contributed by atoms with Crippen LogP contribution in [0.3, 0.4) is 0 Å². The molecule has 0 aromatic heterocycles. The predicted octanol–water partition coefficient (Wildman–Crippen LogP) is 2.50. The first kappa shape index (κ1) is 12.0. The van der Waals surface area contributed by atoms with Gasteiger partial charge in [0.25, 0.3) is 0 Å². The molecular formula is C15H28N2. The lowest BCUT2D eigenvalue weighted by Gasteiger charge is -2.23. The molecule has 2 aliphatic carbocycles. The van der Waals surface area contributed by atoms with Crippen LogP contribution in [-0.4, -0.2) is 37.1 Å². The summed E-state index contributed by atoms with van der Waals surface area (Å²) in [4.78, 5) is 2.74. The Kier molecular flexibility index (Phi) is 3.72. The van der Waals surface area contributed by atoms with Crippen molar-refractivity contribution in [1.82, 2.24) is 10.2 Å². The molecule has 3 fully saturated rings. The van der Waals surface area contributed by atoms with Gasteiger partial charge in [-0.05, 0) is 69.4 Å². The van der Waals surface area contributed by atoms with Gasteiger partial charge in [0.15, 0.2) is 0 Å². The lowest BCUT2D eigenvalue weighted by molar-refractivity contribution is 0.235. The van der Waals surface area contributed by atoms with E-state index in [1.54, 1.807) is 0 Å². The molecule has 2 saturated carbocycles. The summed E-state index contributed by atoms with van der Waals surface area (Å²) < 4.78 is 0. The smallest absolute Gasteiger partial charge is 0.0207 e. The number of nitrogens with zero attached hydrogens (tertiary/aromatic N) is 1. The van der Waals surface area contributed by atoms with Gasteiger partial charge in [-0.1, -0.05) is 6.92 Å². The van der Waals surface area contributed by atoms with Crippen LogP contribution >= 0.6 is 0 Å². The van der Waals surface area contributed by atoms with Gasteiger partial charge < -0.3 is 10.2 Å². The van der Waals surface area contributed by atoms with E-state index >= 15 is 0 Å². The molecule has 1 atom stereocenters. The van der Waals surface area contributed by atoms with Crippen molar-refractivity contribution in [2.45, 2.75) is 51.5 Å². The molecule has 0 aromatic carbocycles. The fourth-order valence-electron chi connectivity index (χ4n) is 3.54. The highest BCUT2D eigenvalue weighted by Crippen LogP contribution is 2.49. The van der Waals surface area contributed by atoms with Gasteiger partial charge in [-0.15, -0.1) is 0 Å². The molecule has 2 heteroatoms. The van der Waals surface area contributed by atoms with Crippen LogP contribution in [0.1, 0.15) is 45.4 Å². The van der Waals surface area contributed by atoms with E-state index in [1.807, 2.05) is 0 Å². The molecule has 0 amide bonds. The van der Waals surface area contributed by atoms with Crippen molar-refractivity contribution in [3.05, 3.63) is 0 Å². The summed E-state index contributed by atoms with van der Waals surface area (Å²) in [6, 6.07) is 0.786. The minimum atomic E-state index is 0.786. The molecule has 17 heavy (non-hydrogen) atoms. The zero-order valence-electron chi connectivity index (χ0n) is 11.3. The second-order valence-corrected chi connectivity index (χ2v) is 6.54. The molecule has 3 rings (SSSR count). The topological polar surface area (TPSA) is 15.3 Å². The van der Waals surface area contributed by atoms with Crippen molar-refractivity contribution in [2.75, 3.05) is 26.2 Å². The second-order valence-electron chi connectivity index (χ2n) is 6.54. The summed E-state index contributed by atoms with van der Waals surface area (Å²) in [6.45, 7) is 7.54. The van der Waals surface area contributed by atoms with Crippen LogP contribution in [0.15, 0.2) is 0 Å². The fraction of sp³-hybridized carbons (Fsp3) is 1.00. The molecular weight excluding hydrogens is 208 g/mol. The molecule has 98 valence electrons. The van der Waals surface area contributed by atoms with Crippen molar-refractivity contribution in [2.24, 2.45) is 17.8 Å². The van der Waals surface area contributed by atoms with E-state index in [2.05, 4.69) is 17.1 Å². The third-order valence-corrected chi connectivity index (χ3v) is 4.88. The average Bonchev–Trinajstić information content (AvgIpc) is 3.23. The summed E-state index contributed by atoms with van der Waals surface area (Å²) >= 11 is 0. The first-order chi connectivity index (χ1) is 8.36. The van der Waals surface area contributed by atoms with Crippen LogP contribution in [0.2, 0.25) is 0 Å². The van der Waals surface area contributed by atoms with E-state index in [9.17, 15) is 0 Å². The highest BCUT2D eigenvalue weighted by Gasteiger charge is 2.42. The zero-order valence-corrected chi connectivity index (χ0v) is 11.3. The number of likely N-dealkylation sites (tertiary alicyclic amines) is 1. The first-order valence-corrected chi connectivity index (χ1v) is 7.82. The number of rotatable bonds is 7. The Labute approximate surface area is 106 Å². The van der Waals surface area contributed by atoms with Crippen LogP contribution in [0.5, 0.6) is 0 Å².